The van der Waals surface area contributed by atoms with Gasteiger partial charge >= 0.3 is 11.7 Å². The molecule has 1 rings (SSSR count). The van der Waals surface area contributed by atoms with Gasteiger partial charge in [-0.3, -0.25) is 19.1 Å². The van der Waals surface area contributed by atoms with Crippen LogP contribution in [0.5, 0.6) is 0 Å². The lowest BCUT2D eigenvalue weighted by Gasteiger charge is -2.14. The van der Waals surface area contributed by atoms with Crippen LogP contribution in [0, 0.1) is 18.8 Å². The van der Waals surface area contributed by atoms with Crippen LogP contribution in [-0.4, -0.2) is 28.7 Å². The van der Waals surface area contributed by atoms with Crippen LogP contribution >= 0.6 is 0 Å². The molecule has 0 spiro atoms. The topological polar surface area (TPSA) is 90.4 Å². The Balaban J connectivity index is 2.36. The molecule has 118 valence electrons. The molecular formula is C14H22N2O5. The third kappa shape index (κ3) is 5.18. The summed E-state index contributed by atoms with van der Waals surface area (Å²) in [5.74, 6) is -0.193. The minimum absolute atomic E-state index is 0.00621. The number of aryl methyl sites for hydroxylation is 1. The van der Waals surface area contributed by atoms with Gasteiger partial charge in [-0.1, -0.05) is 20.8 Å². The van der Waals surface area contributed by atoms with E-state index >= 15 is 0 Å². The maximum Gasteiger partial charge on any atom is 0.330 e. The molecule has 0 aliphatic heterocycles. The molecule has 0 fully saturated rings. The summed E-state index contributed by atoms with van der Waals surface area (Å²) in [6, 6.07) is 0. The molecule has 7 heteroatoms. The highest BCUT2D eigenvalue weighted by Crippen LogP contribution is 2.10. The van der Waals surface area contributed by atoms with E-state index in [9.17, 15) is 14.4 Å². The first-order chi connectivity index (χ1) is 9.82. The van der Waals surface area contributed by atoms with E-state index in [2.05, 4.69) is 4.98 Å². The van der Waals surface area contributed by atoms with Crippen molar-refractivity contribution in [1.82, 2.24) is 9.55 Å². The second-order valence-electron chi connectivity index (χ2n) is 5.28. The predicted molar refractivity (Wildman–Crippen MR) is 77.0 cm³/mol. The molecule has 21 heavy (non-hydrogen) atoms. The maximum absolute atomic E-state index is 11.6. The molecule has 0 saturated heterocycles. The fraction of sp³-hybridized carbons (Fsp3) is 0.643. The smallest absolute Gasteiger partial charge is 0.330 e. The van der Waals surface area contributed by atoms with Gasteiger partial charge in [0.25, 0.3) is 5.56 Å². The summed E-state index contributed by atoms with van der Waals surface area (Å²) in [6.45, 7) is 7.63. The Bertz CT molecular complexity index is 588. The van der Waals surface area contributed by atoms with E-state index in [0.717, 1.165) is 0 Å². The van der Waals surface area contributed by atoms with Crippen molar-refractivity contribution in [2.24, 2.45) is 11.8 Å². The molecule has 0 radical (unpaired) electrons. The van der Waals surface area contributed by atoms with E-state index < -0.39 is 11.2 Å². The highest BCUT2D eigenvalue weighted by atomic mass is 16.6. The summed E-state index contributed by atoms with van der Waals surface area (Å²) in [6.07, 6.45) is 1.42. The number of ether oxygens (including phenoxy) is 2. The van der Waals surface area contributed by atoms with Gasteiger partial charge in [0, 0.05) is 11.8 Å². The number of carbonyl (C=O) groups excluding carboxylic acids is 1. The van der Waals surface area contributed by atoms with Crippen molar-refractivity contribution in [1.29, 1.82) is 0 Å². The summed E-state index contributed by atoms with van der Waals surface area (Å²) < 4.78 is 11.6. The van der Waals surface area contributed by atoms with Crippen LogP contribution in [0.15, 0.2) is 15.8 Å². The quantitative estimate of drug-likeness (QED) is 0.590. The van der Waals surface area contributed by atoms with Gasteiger partial charge < -0.3 is 9.47 Å². The number of aromatic amines is 1. The first-order valence-corrected chi connectivity index (χ1v) is 6.87. The van der Waals surface area contributed by atoms with Gasteiger partial charge in [-0.15, -0.1) is 0 Å². The summed E-state index contributed by atoms with van der Waals surface area (Å²) in [5, 5.41) is 0. The molecule has 0 aliphatic rings. The second kappa shape index (κ2) is 7.78. The average molecular weight is 298 g/mol. The minimum atomic E-state index is -0.531. The van der Waals surface area contributed by atoms with Crippen molar-refractivity contribution >= 4 is 5.97 Å². The summed E-state index contributed by atoms with van der Waals surface area (Å²) >= 11 is 0. The highest BCUT2D eigenvalue weighted by molar-refractivity contribution is 5.72. The van der Waals surface area contributed by atoms with Crippen molar-refractivity contribution < 1.29 is 14.3 Å². The van der Waals surface area contributed by atoms with Crippen LogP contribution in [-0.2, 0) is 21.0 Å². The normalized spacial score (nSPS) is 12.4. The van der Waals surface area contributed by atoms with E-state index in [-0.39, 0.29) is 37.7 Å². The maximum atomic E-state index is 11.6. The molecule has 0 bridgehead atoms. The first-order valence-electron chi connectivity index (χ1n) is 6.87. The Hall–Kier alpha value is -1.89. The third-order valence-corrected chi connectivity index (χ3v) is 3.26. The zero-order valence-electron chi connectivity index (χ0n) is 12.8. The van der Waals surface area contributed by atoms with Crippen LogP contribution in [0.4, 0.5) is 0 Å². The molecule has 1 N–H and O–H groups in total. The predicted octanol–water partition coefficient (Wildman–Crippen LogP) is 0.654. The summed E-state index contributed by atoms with van der Waals surface area (Å²) in [5.41, 5.74) is -0.515. The van der Waals surface area contributed by atoms with Crippen molar-refractivity contribution in [2.45, 2.75) is 34.4 Å². The molecule has 0 aromatic carbocycles. The first kappa shape index (κ1) is 17.2. The Morgan fingerprint density at radius 1 is 1.29 bits per heavy atom. The minimum Gasteiger partial charge on any atom is -0.463 e. The molecule has 7 nitrogen and oxygen atoms in total. The molecule has 1 atom stereocenters. The molecule has 1 heterocycles. The molecule has 1 unspecified atom stereocenters. The highest BCUT2D eigenvalue weighted by Gasteiger charge is 2.17. The fourth-order valence-electron chi connectivity index (χ4n) is 1.48. The number of H-pyrrole nitrogens is 1. The van der Waals surface area contributed by atoms with Crippen molar-refractivity contribution in [3.63, 3.8) is 0 Å². The van der Waals surface area contributed by atoms with Gasteiger partial charge in [0.2, 0.25) is 0 Å². The van der Waals surface area contributed by atoms with Crippen molar-refractivity contribution in [3.8, 4) is 0 Å². The van der Waals surface area contributed by atoms with E-state index in [1.54, 1.807) is 6.92 Å². The number of nitrogens with one attached hydrogen (secondary N) is 1. The Morgan fingerprint density at radius 3 is 2.57 bits per heavy atom. The number of carbonyl (C=O) groups is 1. The van der Waals surface area contributed by atoms with Gasteiger partial charge in [0.05, 0.1) is 12.5 Å². The van der Waals surface area contributed by atoms with E-state index in [1.165, 1.54) is 10.8 Å². The third-order valence-electron chi connectivity index (χ3n) is 3.26. The Labute approximate surface area is 122 Å². The van der Waals surface area contributed by atoms with Crippen LogP contribution in [0.1, 0.15) is 26.3 Å². The largest absolute Gasteiger partial charge is 0.463 e. The standard InChI is InChI=1S/C14H22N2O5/c1-9(2)11(4)13(18)21-6-5-20-8-16-7-10(3)12(17)15-14(16)19/h7,9,11H,5-6,8H2,1-4H3,(H,15,17,19). The van der Waals surface area contributed by atoms with Gasteiger partial charge in [0.1, 0.15) is 13.3 Å². The van der Waals surface area contributed by atoms with Crippen molar-refractivity contribution in [3.05, 3.63) is 32.6 Å². The van der Waals surface area contributed by atoms with Crippen LogP contribution in [0.25, 0.3) is 0 Å². The molecule has 0 amide bonds. The summed E-state index contributed by atoms with van der Waals surface area (Å²) in [7, 11) is 0. The SMILES string of the molecule is Cc1cn(COCCOC(=O)C(C)C(C)C)c(=O)[nH]c1=O. The lowest BCUT2D eigenvalue weighted by atomic mass is 9.99. The number of hydrogen-bond donors (Lipinski definition) is 1. The van der Waals surface area contributed by atoms with Gasteiger partial charge in [-0.2, -0.15) is 0 Å². The zero-order valence-corrected chi connectivity index (χ0v) is 12.8. The lowest BCUT2D eigenvalue weighted by Crippen LogP contribution is -2.31. The van der Waals surface area contributed by atoms with Crippen LogP contribution in [0.3, 0.4) is 0 Å². The van der Waals surface area contributed by atoms with Gasteiger partial charge in [-0.25, -0.2) is 4.79 Å². The Morgan fingerprint density at radius 2 is 1.95 bits per heavy atom. The number of aromatic nitrogens is 2. The average Bonchev–Trinajstić information content (AvgIpc) is 2.42. The molecule has 1 aromatic rings. The van der Waals surface area contributed by atoms with Gasteiger partial charge in [0.15, 0.2) is 0 Å². The van der Waals surface area contributed by atoms with Gasteiger partial charge in [-0.05, 0) is 12.8 Å². The Kier molecular flexibility index (Phi) is 6.36. The number of hydrogen-bond acceptors (Lipinski definition) is 5. The number of rotatable bonds is 7. The number of esters is 1. The fourth-order valence-corrected chi connectivity index (χ4v) is 1.48. The van der Waals surface area contributed by atoms with Crippen molar-refractivity contribution in [2.75, 3.05) is 13.2 Å². The monoisotopic (exact) mass is 298 g/mol. The molecule has 0 saturated carbocycles. The number of nitrogens with zero attached hydrogens (tertiary/aromatic N) is 1. The lowest BCUT2D eigenvalue weighted by molar-refractivity contribution is -0.151. The molecular weight excluding hydrogens is 276 g/mol. The molecule has 0 aliphatic carbocycles. The van der Waals surface area contributed by atoms with E-state index in [1.807, 2.05) is 20.8 Å². The van der Waals surface area contributed by atoms with Crippen LogP contribution < -0.4 is 11.2 Å². The zero-order chi connectivity index (χ0) is 16.0. The molecule has 1 aromatic heterocycles. The van der Waals surface area contributed by atoms with E-state index in [0.29, 0.717) is 5.56 Å². The summed E-state index contributed by atoms with van der Waals surface area (Å²) in [4.78, 5) is 36.4. The second-order valence-corrected chi connectivity index (χ2v) is 5.28. The van der Waals surface area contributed by atoms with E-state index in [4.69, 9.17) is 9.47 Å². The van der Waals surface area contributed by atoms with Crippen LogP contribution in [0.2, 0.25) is 0 Å².